The Kier molecular flexibility index (Phi) is 8.25. The third-order valence-corrected chi connectivity index (χ3v) is 2.03. The van der Waals surface area contributed by atoms with Gasteiger partial charge in [-0.25, -0.2) is 0 Å². The molecule has 0 bridgehead atoms. The first-order chi connectivity index (χ1) is 7.99. The molecule has 0 aromatic heterocycles. The van der Waals surface area contributed by atoms with Crippen molar-refractivity contribution in [1.82, 2.24) is 10.6 Å². The van der Waals surface area contributed by atoms with Crippen LogP contribution in [0.1, 0.15) is 0 Å². The minimum Gasteiger partial charge on any atom is -0.370 e. The Balaban J connectivity index is 0.00000289. The van der Waals surface area contributed by atoms with Gasteiger partial charge in [-0.05, 0) is 0 Å². The standard InChI is InChI=1S/C9H15F3N2O3.ClH/c10-9(11,12)6-16-3-2-14-8(15)7-5-13-1-4-17-7;/h7,13H,1-6H2,(H,14,15);1H. The molecule has 1 unspecified atom stereocenters. The molecule has 1 aliphatic heterocycles. The highest BCUT2D eigenvalue weighted by atomic mass is 35.5. The molecule has 0 spiro atoms. The van der Waals surface area contributed by atoms with Crippen molar-refractivity contribution in [3.63, 3.8) is 0 Å². The molecule has 1 rings (SSSR count). The number of amides is 1. The molecular weight excluding hydrogens is 277 g/mol. The number of morpholine rings is 1. The summed E-state index contributed by atoms with van der Waals surface area (Å²) in [6.45, 7) is 0.112. The number of alkyl halides is 3. The van der Waals surface area contributed by atoms with Crippen molar-refractivity contribution in [3.8, 4) is 0 Å². The van der Waals surface area contributed by atoms with Crippen LogP contribution in [0, 0.1) is 0 Å². The highest BCUT2D eigenvalue weighted by molar-refractivity contribution is 5.85. The van der Waals surface area contributed by atoms with Crippen molar-refractivity contribution in [2.75, 3.05) is 39.5 Å². The first kappa shape index (κ1) is 17.4. The summed E-state index contributed by atoms with van der Waals surface area (Å²) in [6, 6.07) is 0. The molecule has 0 radical (unpaired) electrons. The second kappa shape index (κ2) is 8.52. The molecule has 2 N–H and O–H groups in total. The maximum Gasteiger partial charge on any atom is 0.411 e. The SMILES string of the molecule is Cl.O=C(NCCOCC(F)(F)F)C1CNCCO1. The molecule has 1 fully saturated rings. The van der Waals surface area contributed by atoms with E-state index in [4.69, 9.17) is 4.74 Å². The lowest BCUT2D eigenvalue weighted by atomic mass is 10.3. The average Bonchev–Trinajstić information content (AvgIpc) is 2.28. The second-order valence-electron chi connectivity index (χ2n) is 3.52. The van der Waals surface area contributed by atoms with Gasteiger partial charge >= 0.3 is 6.18 Å². The van der Waals surface area contributed by atoms with E-state index in [9.17, 15) is 18.0 Å². The van der Waals surface area contributed by atoms with Gasteiger partial charge < -0.3 is 20.1 Å². The van der Waals surface area contributed by atoms with Gasteiger partial charge in [0.1, 0.15) is 12.7 Å². The Hall–Kier alpha value is -0.570. The molecule has 1 atom stereocenters. The van der Waals surface area contributed by atoms with Gasteiger partial charge in [0.15, 0.2) is 0 Å². The van der Waals surface area contributed by atoms with Crippen molar-refractivity contribution < 1.29 is 27.4 Å². The van der Waals surface area contributed by atoms with E-state index >= 15 is 0 Å². The van der Waals surface area contributed by atoms with Crippen LogP contribution in [0.3, 0.4) is 0 Å². The summed E-state index contributed by atoms with van der Waals surface area (Å²) in [5, 5.41) is 5.41. The summed E-state index contributed by atoms with van der Waals surface area (Å²) >= 11 is 0. The quantitative estimate of drug-likeness (QED) is 0.705. The first-order valence-electron chi connectivity index (χ1n) is 5.23. The fraction of sp³-hybridized carbons (Fsp3) is 0.889. The van der Waals surface area contributed by atoms with Gasteiger partial charge in [-0.3, -0.25) is 4.79 Å². The molecule has 5 nitrogen and oxygen atoms in total. The molecule has 1 heterocycles. The van der Waals surface area contributed by atoms with E-state index in [1.165, 1.54) is 0 Å². The monoisotopic (exact) mass is 292 g/mol. The van der Waals surface area contributed by atoms with E-state index in [0.717, 1.165) is 0 Å². The minimum absolute atomic E-state index is 0. The van der Waals surface area contributed by atoms with E-state index in [1.807, 2.05) is 0 Å². The molecule has 0 saturated carbocycles. The summed E-state index contributed by atoms with van der Waals surface area (Å²) in [5.41, 5.74) is 0. The predicted molar refractivity (Wildman–Crippen MR) is 59.7 cm³/mol. The van der Waals surface area contributed by atoms with Crippen LogP contribution in [-0.2, 0) is 14.3 Å². The second-order valence-corrected chi connectivity index (χ2v) is 3.52. The number of hydrogen-bond donors (Lipinski definition) is 2. The third kappa shape index (κ3) is 7.70. The Morgan fingerprint density at radius 3 is 2.78 bits per heavy atom. The molecule has 1 aliphatic rings. The molecular formula is C9H16ClF3N2O3. The van der Waals surface area contributed by atoms with E-state index < -0.39 is 18.9 Å². The van der Waals surface area contributed by atoms with Gasteiger partial charge in [-0.2, -0.15) is 13.2 Å². The van der Waals surface area contributed by atoms with Crippen LogP contribution in [0.25, 0.3) is 0 Å². The lowest BCUT2D eigenvalue weighted by molar-refractivity contribution is -0.173. The normalized spacial score (nSPS) is 20.1. The molecule has 1 amide bonds. The van der Waals surface area contributed by atoms with Crippen LogP contribution in [0.2, 0.25) is 0 Å². The fourth-order valence-corrected chi connectivity index (χ4v) is 1.28. The number of carbonyl (C=O) groups excluding carboxylic acids is 1. The zero-order chi connectivity index (χ0) is 12.7. The molecule has 0 aromatic rings. The van der Waals surface area contributed by atoms with Crippen LogP contribution in [0.4, 0.5) is 13.2 Å². The Labute approximate surface area is 109 Å². The molecule has 18 heavy (non-hydrogen) atoms. The topological polar surface area (TPSA) is 59.6 Å². The highest BCUT2D eigenvalue weighted by Crippen LogP contribution is 2.13. The van der Waals surface area contributed by atoms with Gasteiger partial charge in [0.05, 0.1) is 13.2 Å². The van der Waals surface area contributed by atoms with E-state index in [-0.39, 0.29) is 31.5 Å². The summed E-state index contributed by atoms with van der Waals surface area (Å²) in [4.78, 5) is 11.4. The van der Waals surface area contributed by atoms with Crippen molar-refractivity contribution in [1.29, 1.82) is 0 Å². The zero-order valence-electron chi connectivity index (χ0n) is 9.59. The largest absolute Gasteiger partial charge is 0.411 e. The lowest BCUT2D eigenvalue weighted by Gasteiger charge is -2.22. The molecule has 108 valence electrons. The van der Waals surface area contributed by atoms with Crippen LogP contribution in [-0.4, -0.2) is 57.6 Å². The number of carbonyl (C=O) groups is 1. The number of hydrogen-bond acceptors (Lipinski definition) is 4. The van der Waals surface area contributed by atoms with Crippen LogP contribution in [0.15, 0.2) is 0 Å². The Morgan fingerprint density at radius 1 is 1.50 bits per heavy atom. The van der Waals surface area contributed by atoms with E-state index in [2.05, 4.69) is 15.4 Å². The minimum atomic E-state index is -4.33. The van der Waals surface area contributed by atoms with Crippen molar-refractivity contribution in [2.24, 2.45) is 0 Å². The van der Waals surface area contributed by atoms with Gasteiger partial charge in [0, 0.05) is 19.6 Å². The maximum absolute atomic E-state index is 11.7. The van der Waals surface area contributed by atoms with Crippen molar-refractivity contribution >= 4 is 18.3 Å². The Morgan fingerprint density at radius 2 is 2.22 bits per heavy atom. The van der Waals surface area contributed by atoms with Gasteiger partial charge in [-0.15, -0.1) is 12.4 Å². The van der Waals surface area contributed by atoms with Gasteiger partial charge in [-0.1, -0.05) is 0 Å². The molecule has 1 saturated heterocycles. The highest BCUT2D eigenvalue weighted by Gasteiger charge is 2.27. The summed E-state index contributed by atoms with van der Waals surface area (Å²) < 4.78 is 44.6. The summed E-state index contributed by atoms with van der Waals surface area (Å²) in [7, 11) is 0. The van der Waals surface area contributed by atoms with Crippen LogP contribution >= 0.6 is 12.4 Å². The summed E-state index contributed by atoms with van der Waals surface area (Å²) in [6.07, 6.45) is -4.91. The van der Waals surface area contributed by atoms with E-state index in [1.54, 1.807) is 0 Å². The third-order valence-electron chi connectivity index (χ3n) is 2.03. The fourth-order valence-electron chi connectivity index (χ4n) is 1.28. The average molecular weight is 293 g/mol. The summed E-state index contributed by atoms with van der Waals surface area (Å²) in [5.74, 6) is -0.340. The smallest absolute Gasteiger partial charge is 0.370 e. The zero-order valence-corrected chi connectivity index (χ0v) is 10.4. The van der Waals surface area contributed by atoms with E-state index in [0.29, 0.717) is 19.7 Å². The number of rotatable bonds is 5. The first-order valence-corrected chi connectivity index (χ1v) is 5.23. The molecule has 0 aliphatic carbocycles. The van der Waals surface area contributed by atoms with Crippen molar-refractivity contribution in [3.05, 3.63) is 0 Å². The van der Waals surface area contributed by atoms with Crippen molar-refractivity contribution in [2.45, 2.75) is 12.3 Å². The number of nitrogens with one attached hydrogen (secondary N) is 2. The van der Waals surface area contributed by atoms with Gasteiger partial charge in [0.2, 0.25) is 0 Å². The lowest BCUT2D eigenvalue weighted by Crippen LogP contribution is -2.48. The Bertz CT molecular complexity index is 248. The van der Waals surface area contributed by atoms with Crippen LogP contribution < -0.4 is 10.6 Å². The maximum atomic E-state index is 11.7. The van der Waals surface area contributed by atoms with Crippen LogP contribution in [0.5, 0.6) is 0 Å². The predicted octanol–water partition coefficient (Wildman–Crippen LogP) is 0.0917. The molecule has 0 aromatic carbocycles. The molecule has 9 heteroatoms. The number of halogens is 4. The number of ether oxygens (including phenoxy) is 2. The van der Waals surface area contributed by atoms with Gasteiger partial charge in [0.25, 0.3) is 5.91 Å².